The molecule has 1 unspecified atom stereocenters. The molecule has 1 aromatic rings. The van der Waals surface area contributed by atoms with E-state index in [1.165, 1.54) is 12.2 Å². The van der Waals surface area contributed by atoms with E-state index >= 15 is 0 Å². The van der Waals surface area contributed by atoms with Crippen molar-refractivity contribution in [3.05, 3.63) is 34.2 Å². The highest BCUT2D eigenvalue weighted by molar-refractivity contribution is 5.88. The SMILES string of the molecule is CCOC(=O)/C=C/c1cc(OC)c(CC2COC(C)(C)O2)cc1N=O. The van der Waals surface area contributed by atoms with E-state index in [9.17, 15) is 9.70 Å². The number of rotatable bonds is 7. The van der Waals surface area contributed by atoms with Crippen molar-refractivity contribution in [1.82, 2.24) is 0 Å². The summed E-state index contributed by atoms with van der Waals surface area (Å²) >= 11 is 0. The molecule has 0 radical (unpaired) electrons. The number of methoxy groups -OCH3 is 1. The summed E-state index contributed by atoms with van der Waals surface area (Å²) in [6, 6.07) is 3.31. The molecule has 7 nitrogen and oxygen atoms in total. The summed E-state index contributed by atoms with van der Waals surface area (Å²) in [5, 5.41) is 3.05. The van der Waals surface area contributed by atoms with Gasteiger partial charge >= 0.3 is 5.97 Å². The van der Waals surface area contributed by atoms with E-state index in [0.29, 0.717) is 24.3 Å². The molecule has 1 heterocycles. The van der Waals surface area contributed by atoms with Crippen molar-refractivity contribution in [2.24, 2.45) is 5.18 Å². The van der Waals surface area contributed by atoms with E-state index in [4.69, 9.17) is 18.9 Å². The highest BCUT2D eigenvalue weighted by Gasteiger charge is 2.33. The zero-order valence-electron chi connectivity index (χ0n) is 14.9. The Hall–Kier alpha value is -2.25. The molecule has 136 valence electrons. The molecular weight excluding hydrogens is 326 g/mol. The van der Waals surface area contributed by atoms with Gasteiger partial charge in [0, 0.05) is 18.1 Å². The second-order valence-electron chi connectivity index (χ2n) is 6.05. The van der Waals surface area contributed by atoms with Crippen LogP contribution in [-0.2, 0) is 25.4 Å². The molecule has 1 atom stereocenters. The maximum Gasteiger partial charge on any atom is 0.330 e. The Balaban J connectivity index is 2.24. The molecule has 0 aliphatic carbocycles. The Kier molecular flexibility index (Phi) is 6.27. The van der Waals surface area contributed by atoms with E-state index in [1.807, 2.05) is 13.8 Å². The van der Waals surface area contributed by atoms with Crippen LogP contribution in [0.3, 0.4) is 0 Å². The molecule has 0 aromatic heterocycles. The number of esters is 1. The minimum absolute atomic E-state index is 0.135. The van der Waals surface area contributed by atoms with Gasteiger partial charge in [-0.25, -0.2) is 4.79 Å². The number of ether oxygens (including phenoxy) is 4. The Morgan fingerprint density at radius 3 is 2.76 bits per heavy atom. The predicted molar refractivity (Wildman–Crippen MR) is 92.7 cm³/mol. The zero-order valence-corrected chi connectivity index (χ0v) is 14.9. The Morgan fingerprint density at radius 1 is 1.44 bits per heavy atom. The van der Waals surface area contributed by atoms with Crippen LogP contribution in [0.25, 0.3) is 6.08 Å². The number of benzene rings is 1. The van der Waals surface area contributed by atoms with Crippen molar-refractivity contribution in [3.8, 4) is 5.75 Å². The quantitative estimate of drug-likeness (QED) is 0.426. The van der Waals surface area contributed by atoms with E-state index in [1.54, 1.807) is 26.2 Å². The molecule has 25 heavy (non-hydrogen) atoms. The minimum Gasteiger partial charge on any atom is -0.496 e. The smallest absolute Gasteiger partial charge is 0.330 e. The van der Waals surface area contributed by atoms with E-state index in [-0.39, 0.29) is 18.4 Å². The first kappa shape index (κ1) is 19.1. The number of carbonyl (C=O) groups excluding carboxylic acids is 1. The van der Waals surface area contributed by atoms with Crippen LogP contribution in [0, 0.1) is 4.91 Å². The van der Waals surface area contributed by atoms with Crippen LogP contribution in [0.4, 0.5) is 5.69 Å². The van der Waals surface area contributed by atoms with Gasteiger partial charge in [-0.3, -0.25) is 0 Å². The summed E-state index contributed by atoms with van der Waals surface area (Å²) in [5.41, 5.74) is 1.48. The number of hydrogen-bond acceptors (Lipinski definition) is 7. The van der Waals surface area contributed by atoms with Gasteiger partial charge in [-0.1, -0.05) is 0 Å². The number of nitroso groups, excluding NO2 is 1. The average Bonchev–Trinajstić information content (AvgIpc) is 2.92. The Labute approximate surface area is 146 Å². The molecule has 0 bridgehead atoms. The Morgan fingerprint density at radius 2 is 2.20 bits per heavy atom. The average molecular weight is 349 g/mol. The molecular formula is C18H23NO6. The van der Waals surface area contributed by atoms with Crippen molar-refractivity contribution in [2.75, 3.05) is 20.3 Å². The summed E-state index contributed by atoms with van der Waals surface area (Å²) in [5.74, 6) is -0.517. The minimum atomic E-state index is -0.619. The summed E-state index contributed by atoms with van der Waals surface area (Å²) in [4.78, 5) is 22.6. The van der Waals surface area contributed by atoms with Gasteiger partial charge in [0.05, 0.1) is 26.4 Å². The molecule has 2 rings (SSSR count). The topological polar surface area (TPSA) is 83.4 Å². The number of nitrogens with zero attached hydrogens (tertiary/aromatic N) is 1. The van der Waals surface area contributed by atoms with Crippen LogP contribution in [0.1, 0.15) is 31.9 Å². The van der Waals surface area contributed by atoms with Crippen molar-refractivity contribution in [1.29, 1.82) is 0 Å². The standard InChI is InChI=1S/C18H23NO6/c1-5-23-17(20)7-6-12-10-16(22-4)13(9-15(12)19-21)8-14-11-24-18(2,3)25-14/h6-7,9-10,14H,5,8,11H2,1-4H3/b7-6+. The van der Waals surface area contributed by atoms with Crippen molar-refractivity contribution in [3.63, 3.8) is 0 Å². The summed E-state index contributed by atoms with van der Waals surface area (Å²) in [6.45, 7) is 6.17. The lowest BCUT2D eigenvalue weighted by molar-refractivity contribution is -0.138. The number of carbonyl (C=O) groups is 1. The first-order valence-electron chi connectivity index (χ1n) is 8.09. The second kappa shape index (κ2) is 8.22. The molecule has 0 saturated carbocycles. The zero-order chi connectivity index (χ0) is 18.4. The highest BCUT2D eigenvalue weighted by atomic mass is 16.7. The maximum absolute atomic E-state index is 11.4. The van der Waals surface area contributed by atoms with Gasteiger partial charge in [-0.05, 0) is 49.7 Å². The van der Waals surface area contributed by atoms with Crippen molar-refractivity contribution >= 4 is 17.7 Å². The highest BCUT2D eigenvalue weighted by Crippen LogP contribution is 2.33. The van der Waals surface area contributed by atoms with Gasteiger partial charge in [0.15, 0.2) is 5.79 Å². The normalized spacial score (nSPS) is 19.1. The molecule has 1 fully saturated rings. The molecule has 1 aliphatic heterocycles. The molecule has 7 heteroatoms. The fourth-order valence-corrected chi connectivity index (χ4v) is 2.65. The van der Waals surface area contributed by atoms with E-state index < -0.39 is 11.8 Å². The van der Waals surface area contributed by atoms with Gasteiger partial charge in [-0.15, -0.1) is 4.91 Å². The molecule has 0 N–H and O–H groups in total. The predicted octanol–water partition coefficient (Wildman–Crippen LogP) is 3.36. The Bertz CT molecular complexity index is 668. The van der Waals surface area contributed by atoms with Crippen molar-refractivity contribution in [2.45, 2.75) is 39.1 Å². The van der Waals surface area contributed by atoms with Crippen LogP contribution in [0.5, 0.6) is 5.75 Å². The lowest BCUT2D eigenvalue weighted by atomic mass is 10.0. The lowest BCUT2D eigenvalue weighted by Crippen LogP contribution is -2.22. The molecule has 0 amide bonds. The fraction of sp³-hybridized carbons (Fsp3) is 0.500. The lowest BCUT2D eigenvalue weighted by Gasteiger charge is -2.18. The monoisotopic (exact) mass is 349 g/mol. The van der Waals surface area contributed by atoms with Gasteiger partial charge in [0.2, 0.25) is 0 Å². The van der Waals surface area contributed by atoms with Gasteiger partial charge in [-0.2, -0.15) is 0 Å². The first-order chi connectivity index (χ1) is 11.9. The molecule has 1 aromatic carbocycles. The fourth-order valence-electron chi connectivity index (χ4n) is 2.65. The summed E-state index contributed by atoms with van der Waals surface area (Å²) in [6.07, 6.45) is 3.13. The van der Waals surface area contributed by atoms with Gasteiger partial charge in [0.25, 0.3) is 0 Å². The van der Waals surface area contributed by atoms with Crippen LogP contribution < -0.4 is 4.74 Å². The molecule has 1 aliphatic rings. The number of hydrogen-bond donors (Lipinski definition) is 0. The van der Waals surface area contributed by atoms with Crippen molar-refractivity contribution < 1.29 is 23.7 Å². The third-order valence-electron chi connectivity index (χ3n) is 3.73. The second-order valence-corrected chi connectivity index (χ2v) is 6.05. The van der Waals surface area contributed by atoms with Crippen LogP contribution >= 0.6 is 0 Å². The summed E-state index contributed by atoms with van der Waals surface area (Å²) in [7, 11) is 1.54. The molecule has 0 spiro atoms. The van der Waals surface area contributed by atoms with Gasteiger partial charge in [0.1, 0.15) is 11.4 Å². The summed E-state index contributed by atoms with van der Waals surface area (Å²) < 4.78 is 21.6. The van der Waals surface area contributed by atoms with E-state index in [2.05, 4.69) is 5.18 Å². The van der Waals surface area contributed by atoms with E-state index in [0.717, 1.165) is 5.56 Å². The maximum atomic E-state index is 11.4. The van der Waals surface area contributed by atoms with Crippen LogP contribution in [0.2, 0.25) is 0 Å². The third kappa shape index (κ3) is 5.11. The van der Waals surface area contributed by atoms with Gasteiger partial charge < -0.3 is 18.9 Å². The first-order valence-corrected chi connectivity index (χ1v) is 8.09. The van der Waals surface area contributed by atoms with Crippen LogP contribution in [0.15, 0.2) is 23.4 Å². The van der Waals surface area contributed by atoms with Crippen LogP contribution in [-0.4, -0.2) is 38.2 Å². The largest absolute Gasteiger partial charge is 0.496 e. The molecule has 1 saturated heterocycles. The third-order valence-corrected chi connectivity index (χ3v) is 3.73.